The van der Waals surface area contributed by atoms with Gasteiger partial charge in [-0.2, -0.15) is 0 Å². The Labute approximate surface area is 159 Å². The van der Waals surface area contributed by atoms with Gasteiger partial charge in [0.05, 0.1) is 12.2 Å². The molecule has 0 aliphatic heterocycles. The van der Waals surface area contributed by atoms with E-state index in [1.807, 2.05) is 6.92 Å². The van der Waals surface area contributed by atoms with Crippen molar-refractivity contribution in [2.45, 2.75) is 84.2 Å². The van der Waals surface area contributed by atoms with Crippen molar-refractivity contribution in [3.8, 4) is 0 Å². The van der Waals surface area contributed by atoms with Crippen LogP contribution in [0.3, 0.4) is 0 Å². The first-order chi connectivity index (χ1) is 12.2. The topological polar surface area (TPSA) is 46.5 Å². The second-order valence-corrected chi connectivity index (χ2v) is 10.8. The smallest absolute Gasteiger partial charge is 0.133 e. The molecule has 0 spiro atoms. The highest BCUT2D eigenvalue weighted by molar-refractivity contribution is 5.79. The molecule has 3 heteroatoms. The molecule has 0 amide bonds. The van der Waals surface area contributed by atoms with Gasteiger partial charge in [-0.25, -0.2) is 0 Å². The van der Waals surface area contributed by atoms with Crippen LogP contribution < -0.4 is 0 Å². The van der Waals surface area contributed by atoms with Crippen LogP contribution in [0.4, 0.5) is 0 Å². The summed E-state index contributed by atoms with van der Waals surface area (Å²) in [6.07, 6.45) is 10.4. The molecule has 3 nitrogen and oxygen atoms in total. The second-order valence-electron chi connectivity index (χ2n) is 10.8. The quantitative estimate of drug-likeness (QED) is 0.797. The van der Waals surface area contributed by atoms with E-state index < -0.39 is 5.60 Å². The number of fused-ring (bicyclic) bond motifs is 5. The van der Waals surface area contributed by atoms with Gasteiger partial charge in [0, 0.05) is 13.0 Å². The van der Waals surface area contributed by atoms with Gasteiger partial charge in [-0.05, 0) is 99.2 Å². The molecule has 4 saturated carbocycles. The summed E-state index contributed by atoms with van der Waals surface area (Å²) in [5, 5.41) is 10.9. The minimum Gasteiger partial charge on any atom is -0.387 e. The lowest BCUT2D eigenvalue weighted by molar-refractivity contribution is -0.163. The van der Waals surface area contributed by atoms with Gasteiger partial charge in [-0.1, -0.05) is 13.8 Å². The van der Waals surface area contributed by atoms with Crippen LogP contribution >= 0.6 is 0 Å². The number of rotatable bonds is 3. The highest BCUT2D eigenvalue weighted by Crippen LogP contribution is 2.68. The van der Waals surface area contributed by atoms with Crippen LogP contribution in [0.25, 0.3) is 0 Å². The number of carbonyl (C=O) groups excluding carboxylic acids is 1. The summed E-state index contributed by atoms with van der Waals surface area (Å²) in [6.45, 7) is 7.26. The molecule has 4 rings (SSSR count). The number of methoxy groups -OCH3 is 1. The second kappa shape index (κ2) is 6.30. The van der Waals surface area contributed by atoms with Crippen molar-refractivity contribution in [1.29, 1.82) is 0 Å². The lowest BCUT2D eigenvalue weighted by Gasteiger charge is -2.62. The zero-order chi connectivity index (χ0) is 18.7. The summed E-state index contributed by atoms with van der Waals surface area (Å²) in [4.78, 5) is 12.3. The normalized spacial score (nSPS) is 53.5. The van der Waals surface area contributed by atoms with E-state index in [0.29, 0.717) is 29.6 Å². The van der Waals surface area contributed by atoms with Gasteiger partial charge in [-0.15, -0.1) is 0 Å². The van der Waals surface area contributed by atoms with Crippen LogP contribution in [0.2, 0.25) is 0 Å². The SMILES string of the molecule is COC[C@]1(O)CC[C@]2(C)C(CCC3C2CC[C@@]2(C)C3CC[C@@H]2C(C)=O)C1. The standard InChI is InChI=1S/C23H38O3/c1-15(24)18-7-8-19-17-6-5-16-13-23(25,14-26-4)12-11-21(16,2)20(17)9-10-22(18,19)3/h16-20,25H,5-14H2,1-4H3/t16?,17?,18-,19?,20?,21-,22-,23+/m1/s1. The molecule has 0 aromatic heterocycles. The van der Waals surface area contributed by atoms with E-state index in [2.05, 4.69) is 13.8 Å². The average molecular weight is 363 g/mol. The van der Waals surface area contributed by atoms with Crippen molar-refractivity contribution >= 4 is 5.78 Å². The van der Waals surface area contributed by atoms with Crippen LogP contribution in [0, 0.1) is 40.4 Å². The predicted octanol–water partition coefficient (Wildman–Crippen LogP) is 4.61. The third-order valence-corrected chi connectivity index (χ3v) is 9.72. The molecule has 4 unspecified atom stereocenters. The molecule has 0 radical (unpaired) electrons. The molecule has 0 bridgehead atoms. The van der Waals surface area contributed by atoms with Crippen LogP contribution in [-0.2, 0) is 9.53 Å². The zero-order valence-electron chi connectivity index (χ0n) is 17.2. The van der Waals surface area contributed by atoms with E-state index in [9.17, 15) is 9.90 Å². The molecule has 4 aliphatic rings. The van der Waals surface area contributed by atoms with E-state index in [-0.39, 0.29) is 5.41 Å². The number of aliphatic hydroxyl groups is 1. The van der Waals surface area contributed by atoms with Crippen molar-refractivity contribution in [1.82, 2.24) is 0 Å². The van der Waals surface area contributed by atoms with Gasteiger partial charge < -0.3 is 9.84 Å². The number of carbonyl (C=O) groups is 1. The Morgan fingerprint density at radius 2 is 1.73 bits per heavy atom. The number of hydrogen-bond acceptors (Lipinski definition) is 3. The largest absolute Gasteiger partial charge is 0.387 e. The van der Waals surface area contributed by atoms with E-state index in [4.69, 9.17) is 4.74 Å². The summed E-state index contributed by atoms with van der Waals surface area (Å²) >= 11 is 0. The maximum absolute atomic E-state index is 12.3. The van der Waals surface area contributed by atoms with Crippen molar-refractivity contribution in [2.24, 2.45) is 40.4 Å². The van der Waals surface area contributed by atoms with Crippen LogP contribution in [0.15, 0.2) is 0 Å². The van der Waals surface area contributed by atoms with E-state index >= 15 is 0 Å². The zero-order valence-corrected chi connectivity index (χ0v) is 17.2. The Bertz CT molecular complexity index is 574. The third-order valence-electron chi connectivity index (χ3n) is 9.72. The first-order valence-electron chi connectivity index (χ1n) is 11.0. The van der Waals surface area contributed by atoms with E-state index in [1.54, 1.807) is 7.11 Å². The van der Waals surface area contributed by atoms with Crippen LogP contribution in [-0.4, -0.2) is 30.2 Å². The third kappa shape index (κ3) is 2.64. The van der Waals surface area contributed by atoms with Gasteiger partial charge >= 0.3 is 0 Å². The molecule has 0 heterocycles. The van der Waals surface area contributed by atoms with Crippen molar-refractivity contribution in [3.63, 3.8) is 0 Å². The number of ether oxygens (including phenoxy) is 1. The van der Waals surface area contributed by atoms with Crippen LogP contribution in [0.1, 0.15) is 78.6 Å². The lowest BCUT2D eigenvalue weighted by Crippen LogP contribution is -2.56. The Kier molecular flexibility index (Phi) is 4.59. The summed E-state index contributed by atoms with van der Waals surface area (Å²) in [5.74, 6) is 3.69. The highest BCUT2D eigenvalue weighted by Gasteiger charge is 2.61. The van der Waals surface area contributed by atoms with Crippen molar-refractivity contribution in [2.75, 3.05) is 13.7 Å². The number of hydrogen-bond donors (Lipinski definition) is 1. The summed E-state index contributed by atoms with van der Waals surface area (Å²) < 4.78 is 5.33. The highest BCUT2D eigenvalue weighted by atomic mass is 16.5. The average Bonchev–Trinajstić information content (AvgIpc) is 2.93. The molecule has 4 aliphatic carbocycles. The monoisotopic (exact) mass is 362 g/mol. The molecule has 148 valence electrons. The minimum atomic E-state index is -0.609. The van der Waals surface area contributed by atoms with Crippen molar-refractivity contribution < 1.29 is 14.6 Å². The molecule has 8 atom stereocenters. The summed E-state index contributed by atoms with van der Waals surface area (Å²) in [7, 11) is 1.70. The molecule has 0 saturated heterocycles. The van der Waals surface area contributed by atoms with Gasteiger partial charge in [0.25, 0.3) is 0 Å². The molecule has 0 aromatic rings. The molecule has 4 fully saturated rings. The summed E-state index contributed by atoms with van der Waals surface area (Å²) in [6, 6.07) is 0. The maximum Gasteiger partial charge on any atom is 0.133 e. The first kappa shape index (κ1) is 18.9. The Hall–Kier alpha value is -0.410. The van der Waals surface area contributed by atoms with Gasteiger partial charge in [-0.3, -0.25) is 4.79 Å². The van der Waals surface area contributed by atoms with Gasteiger partial charge in [0.1, 0.15) is 5.78 Å². The molecular formula is C23H38O3. The van der Waals surface area contributed by atoms with E-state index in [0.717, 1.165) is 43.4 Å². The fourth-order valence-corrected chi connectivity index (χ4v) is 8.39. The Balaban J connectivity index is 1.56. The molecule has 0 aromatic carbocycles. The first-order valence-corrected chi connectivity index (χ1v) is 11.0. The molecule has 1 N–H and O–H groups in total. The lowest BCUT2D eigenvalue weighted by atomic mass is 9.44. The van der Waals surface area contributed by atoms with Gasteiger partial charge in [0.15, 0.2) is 0 Å². The number of ketones is 1. The summed E-state index contributed by atoms with van der Waals surface area (Å²) in [5.41, 5.74) is 0.0161. The Morgan fingerprint density at radius 1 is 1.00 bits per heavy atom. The maximum atomic E-state index is 12.3. The molecular weight excluding hydrogens is 324 g/mol. The fraction of sp³-hybridized carbons (Fsp3) is 0.957. The van der Waals surface area contributed by atoms with Crippen LogP contribution in [0.5, 0.6) is 0 Å². The predicted molar refractivity (Wildman–Crippen MR) is 103 cm³/mol. The van der Waals surface area contributed by atoms with Gasteiger partial charge in [0.2, 0.25) is 0 Å². The van der Waals surface area contributed by atoms with Crippen molar-refractivity contribution in [3.05, 3.63) is 0 Å². The fourth-order valence-electron chi connectivity index (χ4n) is 8.39. The Morgan fingerprint density at radius 3 is 2.42 bits per heavy atom. The molecule has 26 heavy (non-hydrogen) atoms. The van der Waals surface area contributed by atoms with E-state index in [1.165, 1.54) is 32.1 Å². The minimum absolute atomic E-state index is 0.252. The number of Topliss-reactive ketones (excluding diaryl/α,β-unsaturated/α-hetero) is 1.